The molecule has 0 aliphatic heterocycles. The molecule has 106 valence electrons. The zero-order chi connectivity index (χ0) is 14.8. The number of amides is 2. The van der Waals surface area contributed by atoms with Crippen LogP contribution >= 0.6 is 0 Å². The molecule has 2 N–H and O–H groups in total. The standard InChI is InChI=1S/C18H18N2O/c21-18(20-15-13-17-10-5-2-6-11-17)19-14-7-12-16-8-3-1-4-9-16/h1-6,8-11H,13-15H2,(H2,19,20,21). The molecule has 0 heterocycles. The molecule has 0 spiro atoms. The molecule has 0 aliphatic rings. The summed E-state index contributed by atoms with van der Waals surface area (Å²) in [7, 11) is 0. The van der Waals surface area contributed by atoms with Crippen molar-refractivity contribution in [3.63, 3.8) is 0 Å². The van der Waals surface area contributed by atoms with Gasteiger partial charge >= 0.3 is 6.03 Å². The Balaban J connectivity index is 1.63. The Kier molecular flexibility index (Phi) is 5.90. The molecule has 3 nitrogen and oxygen atoms in total. The van der Waals surface area contributed by atoms with Gasteiger partial charge in [-0.3, -0.25) is 0 Å². The van der Waals surface area contributed by atoms with Gasteiger partial charge in [0, 0.05) is 12.1 Å². The first-order chi connectivity index (χ1) is 10.3. The van der Waals surface area contributed by atoms with Crippen LogP contribution in [0.25, 0.3) is 0 Å². The summed E-state index contributed by atoms with van der Waals surface area (Å²) in [5.74, 6) is 5.91. The van der Waals surface area contributed by atoms with Gasteiger partial charge in [-0.25, -0.2) is 4.79 Å². The first-order valence-corrected chi connectivity index (χ1v) is 6.94. The van der Waals surface area contributed by atoms with Crippen molar-refractivity contribution >= 4 is 6.03 Å². The maximum absolute atomic E-state index is 11.6. The van der Waals surface area contributed by atoms with Crippen molar-refractivity contribution in [2.24, 2.45) is 0 Å². The lowest BCUT2D eigenvalue weighted by Gasteiger charge is -2.05. The van der Waals surface area contributed by atoms with Crippen molar-refractivity contribution in [3.8, 4) is 11.8 Å². The lowest BCUT2D eigenvalue weighted by Crippen LogP contribution is -2.36. The first kappa shape index (κ1) is 14.7. The normalized spacial score (nSPS) is 9.33. The van der Waals surface area contributed by atoms with Crippen molar-refractivity contribution in [1.29, 1.82) is 0 Å². The predicted molar refractivity (Wildman–Crippen MR) is 84.9 cm³/mol. The number of carbonyl (C=O) groups excluding carboxylic acids is 1. The molecule has 21 heavy (non-hydrogen) atoms. The van der Waals surface area contributed by atoms with Crippen molar-refractivity contribution in [1.82, 2.24) is 10.6 Å². The monoisotopic (exact) mass is 278 g/mol. The minimum absolute atomic E-state index is 0.187. The molecule has 0 bridgehead atoms. The second-order valence-corrected chi connectivity index (χ2v) is 4.51. The summed E-state index contributed by atoms with van der Waals surface area (Å²) in [4.78, 5) is 11.6. The highest BCUT2D eigenvalue weighted by Crippen LogP contribution is 1.98. The van der Waals surface area contributed by atoms with E-state index in [1.165, 1.54) is 5.56 Å². The van der Waals surface area contributed by atoms with Crippen molar-refractivity contribution < 1.29 is 4.79 Å². The number of hydrogen-bond donors (Lipinski definition) is 2. The lowest BCUT2D eigenvalue weighted by molar-refractivity contribution is 0.242. The highest BCUT2D eigenvalue weighted by atomic mass is 16.2. The van der Waals surface area contributed by atoms with Crippen LogP contribution in [0.15, 0.2) is 60.7 Å². The molecule has 0 aliphatic carbocycles. The largest absolute Gasteiger partial charge is 0.338 e. The number of hydrogen-bond acceptors (Lipinski definition) is 1. The van der Waals surface area contributed by atoms with Crippen LogP contribution in [0, 0.1) is 11.8 Å². The van der Waals surface area contributed by atoms with Gasteiger partial charge in [0.05, 0.1) is 6.54 Å². The van der Waals surface area contributed by atoms with Gasteiger partial charge in [-0.15, -0.1) is 0 Å². The van der Waals surface area contributed by atoms with E-state index in [0.29, 0.717) is 13.1 Å². The molecule has 0 radical (unpaired) electrons. The SMILES string of the molecule is O=C(NCC#Cc1ccccc1)NCCc1ccccc1. The van der Waals surface area contributed by atoms with Crippen LogP contribution in [-0.2, 0) is 6.42 Å². The molecule has 0 fully saturated rings. The fourth-order valence-corrected chi connectivity index (χ4v) is 1.82. The average molecular weight is 278 g/mol. The Morgan fingerprint density at radius 2 is 1.57 bits per heavy atom. The van der Waals surface area contributed by atoms with E-state index in [1.807, 2.05) is 60.7 Å². The number of urea groups is 1. The fourth-order valence-electron chi connectivity index (χ4n) is 1.82. The van der Waals surface area contributed by atoms with E-state index >= 15 is 0 Å². The zero-order valence-corrected chi connectivity index (χ0v) is 11.8. The lowest BCUT2D eigenvalue weighted by atomic mass is 10.1. The maximum Gasteiger partial charge on any atom is 0.315 e. The molecule has 0 aromatic heterocycles. The summed E-state index contributed by atoms with van der Waals surface area (Å²) < 4.78 is 0. The number of benzene rings is 2. The Labute approximate surface area is 125 Å². The first-order valence-electron chi connectivity index (χ1n) is 6.94. The average Bonchev–Trinajstić information content (AvgIpc) is 2.54. The van der Waals surface area contributed by atoms with Crippen LogP contribution < -0.4 is 10.6 Å². The quantitative estimate of drug-likeness (QED) is 0.829. The van der Waals surface area contributed by atoms with Gasteiger partial charge in [0.25, 0.3) is 0 Å². The summed E-state index contributed by atoms with van der Waals surface area (Å²) in [5, 5.41) is 5.53. The zero-order valence-electron chi connectivity index (χ0n) is 11.8. The van der Waals surface area contributed by atoms with Crippen LogP contribution in [0.4, 0.5) is 4.79 Å². The van der Waals surface area contributed by atoms with Gasteiger partial charge in [0.2, 0.25) is 0 Å². The third kappa shape index (κ3) is 5.84. The Morgan fingerprint density at radius 3 is 2.29 bits per heavy atom. The van der Waals surface area contributed by atoms with Crippen LogP contribution in [0.1, 0.15) is 11.1 Å². The number of nitrogens with one attached hydrogen (secondary N) is 2. The maximum atomic E-state index is 11.6. The summed E-state index contributed by atoms with van der Waals surface area (Å²) in [5.41, 5.74) is 2.16. The molecular weight excluding hydrogens is 260 g/mol. The minimum Gasteiger partial charge on any atom is -0.338 e. The Bertz CT molecular complexity index is 612. The minimum atomic E-state index is -0.187. The van der Waals surface area contributed by atoms with E-state index in [-0.39, 0.29) is 6.03 Å². The highest BCUT2D eigenvalue weighted by Gasteiger charge is 1.97. The molecule has 2 amide bonds. The molecule has 2 rings (SSSR count). The van der Waals surface area contributed by atoms with E-state index in [4.69, 9.17) is 0 Å². The van der Waals surface area contributed by atoms with Crippen LogP contribution in [0.3, 0.4) is 0 Å². The van der Waals surface area contributed by atoms with Crippen molar-refractivity contribution in [2.75, 3.05) is 13.1 Å². The topological polar surface area (TPSA) is 41.1 Å². The van der Waals surface area contributed by atoms with Crippen LogP contribution in [0.2, 0.25) is 0 Å². The van der Waals surface area contributed by atoms with Gasteiger partial charge in [0.15, 0.2) is 0 Å². The Morgan fingerprint density at radius 1 is 0.905 bits per heavy atom. The van der Waals surface area contributed by atoms with Crippen molar-refractivity contribution in [2.45, 2.75) is 6.42 Å². The van der Waals surface area contributed by atoms with Gasteiger partial charge in [-0.2, -0.15) is 0 Å². The Hall–Kier alpha value is -2.73. The third-order valence-corrected chi connectivity index (χ3v) is 2.89. The second-order valence-electron chi connectivity index (χ2n) is 4.51. The fraction of sp³-hybridized carbons (Fsp3) is 0.167. The molecular formula is C18H18N2O. The molecule has 0 saturated heterocycles. The van der Waals surface area contributed by atoms with E-state index < -0.39 is 0 Å². The van der Waals surface area contributed by atoms with Gasteiger partial charge in [-0.05, 0) is 24.1 Å². The molecule has 2 aromatic rings. The van der Waals surface area contributed by atoms with Gasteiger partial charge < -0.3 is 10.6 Å². The van der Waals surface area contributed by atoms with E-state index in [2.05, 4.69) is 22.5 Å². The van der Waals surface area contributed by atoms with E-state index in [0.717, 1.165) is 12.0 Å². The molecule has 3 heteroatoms. The van der Waals surface area contributed by atoms with Gasteiger partial charge in [0.1, 0.15) is 0 Å². The van der Waals surface area contributed by atoms with Crippen LogP contribution in [0.5, 0.6) is 0 Å². The van der Waals surface area contributed by atoms with Crippen molar-refractivity contribution in [3.05, 3.63) is 71.8 Å². The summed E-state index contributed by atoms with van der Waals surface area (Å²) in [6.45, 7) is 0.952. The van der Waals surface area contributed by atoms with Crippen LogP contribution in [-0.4, -0.2) is 19.1 Å². The molecule has 0 atom stereocenters. The molecule has 2 aromatic carbocycles. The summed E-state index contributed by atoms with van der Waals surface area (Å²) in [6, 6.07) is 19.6. The van der Waals surface area contributed by atoms with Gasteiger partial charge in [-0.1, -0.05) is 60.4 Å². The predicted octanol–water partition coefficient (Wildman–Crippen LogP) is 2.58. The smallest absolute Gasteiger partial charge is 0.315 e. The summed E-state index contributed by atoms with van der Waals surface area (Å²) >= 11 is 0. The number of carbonyl (C=O) groups is 1. The van der Waals surface area contributed by atoms with E-state index in [1.54, 1.807) is 0 Å². The third-order valence-electron chi connectivity index (χ3n) is 2.89. The molecule has 0 unspecified atom stereocenters. The highest BCUT2D eigenvalue weighted by molar-refractivity contribution is 5.74. The van der Waals surface area contributed by atoms with E-state index in [9.17, 15) is 4.79 Å². The molecule has 0 saturated carbocycles. The number of rotatable bonds is 4. The summed E-state index contributed by atoms with van der Waals surface area (Å²) in [6.07, 6.45) is 0.823. The second kappa shape index (κ2) is 8.44.